The van der Waals surface area contributed by atoms with E-state index in [2.05, 4.69) is 13.2 Å². The Morgan fingerprint density at radius 1 is 1.11 bits per heavy atom. The molecule has 0 N–H and O–H groups in total. The fourth-order valence-electron chi connectivity index (χ4n) is 3.06. The molecule has 18 heavy (non-hydrogen) atoms. The first kappa shape index (κ1) is 11.3. The SMILES string of the molecule is C=C1C(=C)[C@@H]2C[C@H]1C[C@@H]2OC(=O)c1ccccc1. The van der Waals surface area contributed by atoms with Gasteiger partial charge in [0.2, 0.25) is 0 Å². The minimum absolute atomic E-state index is 0.0132. The number of hydrogen-bond acceptors (Lipinski definition) is 2. The summed E-state index contributed by atoms with van der Waals surface area (Å²) in [6, 6.07) is 9.14. The Balaban J connectivity index is 1.71. The lowest BCUT2D eigenvalue weighted by Crippen LogP contribution is -2.25. The van der Waals surface area contributed by atoms with Gasteiger partial charge in [-0.15, -0.1) is 0 Å². The van der Waals surface area contributed by atoms with Crippen molar-refractivity contribution in [3.63, 3.8) is 0 Å². The van der Waals surface area contributed by atoms with Crippen LogP contribution >= 0.6 is 0 Å². The molecule has 2 saturated carbocycles. The zero-order valence-electron chi connectivity index (χ0n) is 10.3. The van der Waals surface area contributed by atoms with Gasteiger partial charge in [-0.05, 0) is 42.0 Å². The molecule has 0 unspecified atom stereocenters. The van der Waals surface area contributed by atoms with Gasteiger partial charge in [-0.25, -0.2) is 4.79 Å². The van der Waals surface area contributed by atoms with E-state index in [-0.39, 0.29) is 18.0 Å². The highest BCUT2D eigenvalue weighted by molar-refractivity contribution is 5.89. The molecule has 1 aromatic carbocycles. The smallest absolute Gasteiger partial charge is 0.338 e. The molecule has 0 aromatic heterocycles. The number of benzene rings is 1. The molecule has 0 radical (unpaired) electrons. The number of rotatable bonds is 2. The van der Waals surface area contributed by atoms with Gasteiger partial charge >= 0.3 is 5.97 Å². The monoisotopic (exact) mass is 240 g/mol. The van der Waals surface area contributed by atoms with Gasteiger partial charge < -0.3 is 4.74 Å². The van der Waals surface area contributed by atoms with Crippen molar-refractivity contribution in [3.05, 3.63) is 60.2 Å². The number of carbonyl (C=O) groups excluding carboxylic acids is 1. The van der Waals surface area contributed by atoms with Crippen LogP contribution in [0, 0.1) is 11.8 Å². The summed E-state index contributed by atoms with van der Waals surface area (Å²) in [5.74, 6) is 0.526. The molecule has 0 amide bonds. The molecular weight excluding hydrogens is 224 g/mol. The molecule has 0 aliphatic heterocycles. The molecule has 1 aromatic rings. The van der Waals surface area contributed by atoms with Crippen molar-refractivity contribution in [3.8, 4) is 0 Å². The molecule has 2 heteroatoms. The lowest BCUT2D eigenvalue weighted by atomic mass is 9.90. The summed E-state index contributed by atoms with van der Waals surface area (Å²) in [6.07, 6.45) is 1.94. The highest BCUT2D eigenvalue weighted by atomic mass is 16.5. The predicted octanol–water partition coefficient (Wildman–Crippen LogP) is 3.36. The molecule has 2 aliphatic rings. The minimum atomic E-state index is -0.230. The average molecular weight is 240 g/mol. The highest BCUT2D eigenvalue weighted by Gasteiger charge is 2.46. The molecule has 0 heterocycles. The second-order valence-corrected chi connectivity index (χ2v) is 5.14. The highest BCUT2D eigenvalue weighted by Crippen LogP contribution is 2.51. The maximum absolute atomic E-state index is 12.0. The van der Waals surface area contributed by atoms with Crippen LogP contribution in [0.2, 0.25) is 0 Å². The second kappa shape index (κ2) is 4.13. The summed E-state index contributed by atoms with van der Waals surface area (Å²) < 4.78 is 5.61. The number of carbonyl (C=O) groups is 1. The molecular formula is C16H16O2. The zero-order valence-corrected chi connectivity index (χ0v) is 10.3. The maximum atomic E-state index is 12.0. The molecule has 3 atom stereocenters. The van der Waals surface area contributed by atoms with Crippen molar-refractivity contribution in [1.82, 2.24) is 0 Å². The van der Waals surface area contributed by atoms with Crippen LogP contribution in [-0.2, 0) is 4.74 Å². The second-order valence-electron chi connectivity index (χ2n) is 5.14. The van der Waals surface area contributed by atoms with Crippen LogP contribution in [0.5, 0.6) is 0 Å². The van der Waals surface area contributed by atoms with Gasteiger partial charge in [0.25, 0.3) is 0 Å². The Bertz CT molecular complexity index is 515. The summed E-state index contributed by atoms with van der Waals surface area (Å²) in [4.78, 5) is 12.0. The van der Waals surface area contributed by atoms with Gasteiger partial charge in [0.1, 0.15) is 6.10 Å². The Morgan fingerprint density at radius 3 is 2.44 bits per heavy atom. The lowest BCUT2D eigenvalue weighted by molar-refractivity contribution is 0.0229. The lowest BCUT2D eigenvalue weighted by Gasteiger charge is -2.25. The van der Waals surface area contributed by atoms with E-state index < -0.39 is 0 Å². The van der Waals surface area contributed by atoms with E-state index in [1.807, 2.05) is 18.2 Å². The van der Waals surface area contributed by atoms with Gasteiger partial charge in [0, 0.05) is 5.92 Å². The molecule has 0 spiro atoms. The molecule has 2 bridgehead atoms. The van der Waals surface area contributed by atoms with Crippen molar-refractivity contribution in [2.45, 2.75) is 18.9 Å². The van der Waals surface area contributed by atoms with Gasteiger partial charge in [0.05, 0.1) is 5.56 Å². The number of allylic oxidation sites excluding steroid dienone is 1. The largest absolute Gasteiger partial charge is 0.458 e. The summed E-state index contributed by atoms with van der Waals surface area (Å²) in [6.45, 7) is 8.11. The Hall–Kier alpha value is -1.83. The standard InChI is InChI=1S/C16H16O2/c1-10-11(2)14-8-13(10)9-15(14)18-16(17)12-6-4-3-5-7-12/h3-7,13-15H,1-2,8-9H2/t13-,14-,15-/m0/s1. The van der Waals surface area contributed by atoms with Crippen molar-refractivity contribution in [1.29, 1.82) is 0 Å². The first-order chi connectivity index (χ1) is 8.66. The third-order valence-corrected chi connectivity index (χ3v) is 4.12. The molecule has 0 saturated heterocycles. The minimum Gasteiger partial charge on any atom is -0.458 e. The molecule has 2 nitrogen and oxygen atoms in total. The van der Waals surface area contributed by atoms with E-state index in [0.717, 1.165) is 24.0 Å². The molecule has 2 aliphatic carbocycles. The van der Waals surface area contributed by atoms with Crippen LogP contribution < -0.4 is 0 Å². The van der Waals surface area contributed by atoms with Crippen molar-refractivity contribution >= 4 is 5.97 Å². The summed E-state index contributed by atoms with van der Waals surface area (Å²) >= 11 is 0. The number of esters is 1. The molecule has 92 valence electrons. The van der Waals surface area contributed by atoms with Gasteiger partial charge in [-0.2, -0.15) is 0 Å². The number of fused-ring (bicyclic) bond motifs is 2. The van der Waals surface area contributed by atoms with Gasteiger partial charge in [-0.3, -0.25) is 0 Å². The molecule has 3 rings (SSSR count). The van der Waals surface area contributed by atoms with Gasteiger partial charge in [-0.1, -0.05) is 31.4 Å². The van der Waals surface area contributed by atoms with Crippen molar-refractivity contribution in [2.75, 3.05) is 0 Å². The van der Waals surface area contributed by atoms with E-state index in [4.69, 9.17) is 4.74 Å². The topological polar surface area (TPSA) is 26.3 Å². The normalized spacial score (nSPS) is 29.7. The fraction of sp³-hybridized carbons (Fsp3) is 0.312. The van der Waals surface area contributed by atoms with Crippen LogP contribution in [0.3, 0.4) is 0 Å². The van der Waals surface area contributed by atoms with Crippen LogP contribution in [0.15, 0.2) is 54.6 Å². The Labute approximate surface area is 107 Å². The zero-order chi connectivity index (χ0) is 12.7. The third kappa shape index (κ3) is 1.69. The average Bonchev–Trinajstić information content (AvgIpc) is 2.91. The number of hydrogen-bond donors (Lipinski definition) is 0. The van der Waals surface area contributed by atoms with E-state index in [0.29, 0.717) is 11.5 Å². The van der Waals surface area contributed by atoms with E-state index in [1.54, 1.807) is 12.1 Å². The Morgan fingerprint density at radius 2 is 1.83 bits per heavy atom. The van der Waals surface area contributed by atoms with Gasteiger partial charge in [0.15, 0.2) is 0 Å². The fourth-order valence-corrected chi connectivity index (χ4v) is 3.06. The van der Waals surface area contributed by atoms with Crippen LogP contribution in [0.4, 0.5) is 0 Å². The first-order valence-electron chi connectivity index (χ1n) is 6.31. The summed E-state index contributed by atoms with van der Waals surface area (Å²) in [5, 5.41) is 0. The predicted molar refractivity (Wildman–Crippen MR) is 70.1 cm³/mol. The van der Waals surface area contributed by atoms with Crippen LogP contribution in [-0.4, -0.2) is 12.1 Å². The van der Waals surface area contributed by atoms with Crippen LogP contribution in [0.1, 0.15) is 23.2 Å². The number of ether oxygens (including phenoxy) is 1. The third-order valence-electron chi connectivity index (χ3n) is 4.12. The van der Waals surface area contributed by atoms with E-state index in [9.17, 15) is 4.79 Å². The van der Waals surface area contributed by atoms with Crippen LogP contribution in [0.25, 0.3) is 0 Å². The van der Waals surface area contributed by atoms with Crippen molar-refractivity contribution < 1.29 is 9.53 Å². The summed E-state index contributed by atoms with van der Waals surface area (Å²) in [5.41, 5.74) is 2.86. The molecule has 2 fully saturated rings. The quantitative estimate of drug-likeness (QED) is 0.741. The Kier molecular flexibility index (Phi) is 2.58. The maximum Gasteiger partial charge on any atom is 0.338 e. The van der Waals surface area contributed by atoms with E-state index >= 15 is 0 Å². The summed E-state index contributed by atoms with van der Waals surface area (Å²) in [7, 11) is 0. The van der Waals surface area contributed by atoms with Crippen molar-refractivity contribution in [2.24, 2.45) is 11.8 Å². The van der Waals surface area contributed by atoms with E-state index in [1.165, 1.54) is 0 Å². The first-order valence-corrected chi connectivity index (χ1v) is 6.31.